The second kappa shape index (κ2) is 8.92. The van der Waals surface area contributed by atoms with Gasteiger partial charge in [-0.3, -0.25) is 19.6 Å². The summed E-state index contributed by atoms with van der Waals surface area (Å²) < 4.78 is 0. The average Bonchev–Trinajstić information content (AvgIpc) is 2.77. The molecule has 1 spiro atoms. The summed E-state index contributed by atoms with van der Waals surface area (Å²) in [5.41, 5.74) is -0.176. The lowest BCUT2D eigenvalue weighted by Crippen LogP contribution is -2.49. The maximum atomic E-state index is 12.8. The molecule has 2 aliphatic rings. The van der Waals surface area contributed by atoms with Crippen LogP contribution < -0.4 is 0 Å². The molecule has 1 aliphatic heterocycles. The number of amides is 1. The molecule has 138 valence electrons. The maximum absolute atomic E-state index is 12.8. The third-order valence-corrected chi connectivity index (χ3v) is 4.89. The number of hydrogen-bond acceptors (Lipinski definition) is 4. The average molecular weight is 347 g/mol. The molecule has 0 aromatic rings. The molecule has 1 N–H and O–H groups in total. The van der Waals surface area contributed by atoms with Crippen LogP contribution in [-0.2, 0) is 9.59 Å². The van der Waals surface area contributed by atoms with E-state index in [0.29, 0.717) is 12.1 Å². The Hall–Kier alpha value is -1.98. The van der Waals surface area contributed by atoms with Crippen molar-refractivity contribution in [2.75, 3.05) is 6.54 Å². The van der Waals surface area contributed by atoms with Crippen LogP contribution in [0.4, 0.5) is 0 Å². The van der Waals surface area contributed by atoms with Gasteiger partial charge in [0.25, 0.3) is 5.91 Å². The lowest BCUT2D eigenvalue weighted by Gasteiger charge is -2.36. The van der Waals surface area contributed by atoms with Gasteiger partial charge in [-0.15, -0.1) is 0 Å². The number of carbonyl (C=O) groups excluding carboxylic acids is 1. The van der Waals surface area contributed by atoms with Gasteiger partial charge in [-0.2, -0.15) is 0 Å². The Kier molecular flexibility index (Phi) is 6.91. The fraction of sp³-hybridized carbons (Fsp3) is 0.684. The molecule has 25 heavy (non-hydrogen) atoms. The molecule has 1 unspecified atom stereocenters. The number of hydrogen-bond donors (Lipinski definition) is 1. The van der Waals surface area contributed by atoms with E-state index in [1.54, 1.807) is 6.21 Å². The number of rotatable bonds is 6. The minimum atomic E-state index is -0.981. The molecule has 0 aromatic carbocycles. The van der Waals surface area contributed by atoms with Crippen LogP contribution in [0.15, 0.2) is 22.1 Å². The van der Waals surface area contributed by atoms with Crippen LogP contribution in [0.2, 0.25) is 0 Å². The van der Waals surface area contributed by atoms with Gasteiger partial charge in [0.15, 0.2) is 0 Å². The summed E-state index contributed by atoms with van der Waals surface area (Å²) in [5.74, 6) is -1.21. The highest BCUT2D eigenvalue weighted by molar-refractivity contribution is 6.40. The fourth-order valence-corrected chi connectivity index (χ4v) is 3.66. The van der Waals surface area contributed by atoms with Gasteiger partial charge in [0.05, 0.1) is 6.04 Å². The predicted molar refractivity (Wildman–Crippen MR) is 99.2 cm³/mol. The smallest absolute Gasteiger partial charge is 0.323 e. The van der Waals surface area contributed by atoms with Crippen LogP contribution in [-0.4, -0.2) is 52.1 Å². The van der Waals surface area contributed by atoms with E-state index in [-0.39, 0.29) is 18.5 Å². The summed E-state index contributed by atoms with van der Waals surface area (Å²) in [6.45, 7) is 3.59. The van der Waals surface area contributed by atoms with Gasteiger partial charge in [-0.05, 0) is 45.6 Å². The number of allylic oxidation sites excluding steroid dienone is 2. The zero-order valence-electron chi connectivity index (χ0n) is 15.3. The van der Waals surface area contributed by atoms with Gasteiger partial charge in [-0.25, -0.2) is 0 Å². The first-order valence-corrected chi connectivity index (χ1v) is 9.25. The van der Waals surface area contributed by atoms with Crippen molar-refractivity contribution in [1.82, 2.24) is 4.90 Å². The van der Waals surface area contributed by atoms with E-state index >= 15 is 0 Å². The van der Waals surface area contributed by atoms with Crippen molar-refractivity contribution in [2.45, 2.75) is 76.9 Å². The highest BCUT2D eigenvalue weighted by Gasteiger charge is 2.47. The normalized spacial score (nSPS) is 22.4. The Bertz CT molecular complexity index is 572. The zero-order valence-corrected chi connectivity index (χ0v) is 15.3. The Labute approximate surface area is 149 Å². The highest BCUT2D eigenvalue weighted by Crippen LogP contribution is 2.37. The van der Waals surface area contributed by atoms with E-state index in [0.717, 1.165) is 38.5 Å². The molecule has 0 saturated heterocycles. The minimum absolute atomic E-state index is 0.0608. The Morgan fingerprint density at radius 3 is 2.56 bits per heavy atom. The molecule has 0 bridgehead atoms. The molecular formula is C19H29N3O3. The summed E-state index contributed by atoms with van der Waals surface area (Å²) in [6.07, 6.45) is 12.8. The highest BCUT2D eigenvalue weighted by atomic mass is 16.4. The summed E-state index contributed by atoms with van der Waals surface area (Å²) in [5, 5.41) is 9.27. The van der Waals surface area contributed by atoms with E-state index < -0.39 is 11.6 Å². The van der Waals surface area contributed by atoms with Gasteiger partial charge in [0, 0.05) is 12.6 Å². The Balaban J connectivity index is 2.22. The number of carbonyl (C=O) groups is 2. The quantitative estimate of drug-likeness (QED) is 0.749. The van der Waals surface area contributed by atoms with E-state index in [9.17, 15) is 14.7 Å². The number of carboxylic acids is 1. The van der Waals surface area contributed by atoms with Crippen molar-refractivity contribution in [1.29, 1.82) is 0 Å². The second-order valence-electron chi connectivity index (χ2n) is 6.97. The molecule has 0 radical (unpaired) electrons. The maximum Gasteiger partial charge on any atom is 0.323 e. The summed E-state index contributed by atoms with van der Waals surface area (Å²) >= 11 is 0. The first-order chi connectivity index (χ1) is 12.0. The van der Waals surface area contributed by atoms with E-state index in [2.05, 4.69) is 4.99 Å². The third kappa shape index (κ3) is 5.00. The molecule has 0 aromatic heterocycles. The number of carboxylic acid groups (broad SMARTS) is 1. The van der Waals surface area contributed by atoms with Crippen molar-refractivity contribution in [2.24, 2.45) is 9.98 Å². The molecular weight excluding hydrogens is 318 g/mol. The molecule has 1 heterocycles. The Morgan fingerprint density at radius 1 is 1.32 bits per heavy atom. The summed E-state index contributed by atoms with van der Waals surface area (Å²) in [7, 11) is 0. The molecule has 1 fully saturated rings. The summed E-state index contributed by atoms with van der Waals surface area (Å²) in [4.78, 5) is 34.8. The zero-order chi connectivity index (χ0) is 18.3. The van der Waals surface area contributed by atoms with Crippen molar-refractivity contribution in [3.63, 3.8) is 0 Å². The van der Waals surface area contributed by atoms with Crippen LogP contribution >= 0.6 is 0 Å². The first-order valence-electron chi connectivity index (χ1n) is 9.25. The molecule has 1 amide bonds. The molecule has 1 saturated carbocycles. The summed E-state index contributed by atoms with van der Waals surface area (Å²) in [6, 6.07) is -0.0608. The number of aliphatic imine (C=N–C) groups is 2. The van der Waals surface area contributed by atoms with E-state index in [1.807, 2.05) is 26.0 Å². The standard InChI is InChI=1S/C19H29N3O3/c1-3-4-12-20-15(2)13-16-18(25)22(14-17(23)24)19(21-16)10-8-6-5-7-9-11-19/h3-4,12,15H,5-11,13-14H2,1-2H3,(H,23,24). The van der Waals surface area contributed by atoms with Crippen molar-refractivity contribution in [3.05, 3.63) is 12.2 Å². The number of nitrogens with zero attached hydrogens (tertiary/aromatic N) is 3. The lowest BCUT2D eigenvalue weighted by atomic mass is 9.90. The fourth-order valence-electron chi connectivity index (χ4n) is 3.66. The molecule has 6 heteroatoms. The van der Waals surface area contributed by atoms with Gasteiger partial charge in [0.2, 0.25) is 0 Å². The van der Waals surface area contributed by atoms with Crippen LogP contribution in [0.5, 0.6) is 0 Å². The van der Waals surface area contributed by atoms with Crippen molar-refractivity contribution in [3.8, 4) is 0 Å². The second-order valence-corrected chi connectivity index (χ2v) is 6.97. The monoisotopic (exact) mass is 347 g/mol. The van der Waals surface area contributed by atoms with Gasteiger partial charge >= 0.3 is 5.97 Å². The van der Waals surface area contributed by atoms with Crippen LogP contribution in [0.3, 0.4) is 0 Å². The molecule has 1 aliphatic carbocycles. The van der Waals surface area contributed by atoms with Crippen molar-refractivity contribution >= 4 is 23.8 Å². The predicted octanol–water partition coefficient (Wildman–Crippen LogP) is 3.22. The van der Waals surface area contributed by atoms with Crippen molar-refractivity contribution < 1.29 is 14.7 Å². The first kappa shape index (κ1) is 19.3. The largest absolute Gasteiger partial charge is 0.480 e. The minimum Gasteiger partial charge on any atom is -0.480 e. The van der Waals surface area contributed by atoms with Crippen LogP contribution in [0.1, 0.15) is 65.2 Å². The van der Waals surface area contributed by atoms with Crippen LogP contribution in [0, 0.1) is 0 Å². The van der Waals surface area contributed by atoms with E-state index in [4.69, 9.17) is 4.99 Å². The van der Waals surface area contributed by atoms with Crippen LogP contribution in [0.25, 0.3) is 0 Å². The molecule has 2 rings (SSSR count). The van der Waals surface area contributed by atoms with Gasteiger partial charge in [-0.1, -0.05) is 25.3 Å². The molecule has 6 nitrogen and oxygen atoms in total. The van der Waals surface area contributed by atoms with Gasteiger partial charge < -0.3 is 10.0 Å². The number of aliphatic carboxylic acids is 1. The van der Waals surface area contributed by atoms with Gasteiger partial charge in [0.1, 0.15) is 17.9 Å². The Morgan fingerprint density at radius 2 is 1.96 bits per heavy atom. The molecule has 1 atom stereocenters. The topological polar surface area (TPSA) is 82.3 Å². The SMILES string of the molecule is CC=CC=NC(C)CC1=NC2(CCCCCCC2)N(CC(=O)O)C1=O. The van der Waals surface area contributed by atoms with E-state index in [1.165, 1.54) is 11.3 Å². The lowest BCUT2D eigenvalue weighted by molar-refractivity contribution is -0.145. The third-order valence-electron chi connectivity index (χ3n) is 4.89.